The van der Waals surface area contributed by atoms with E-state index in [4.69, 9.17) is 30.3 Å². The van der Waals surface area contributed by atoms with Crippen LogP contribution < -0.4 is 10.1 Å². The summed E-state index contributed by atoms with van der Waals surface area (Å²) in [6.45, 7) is 4.11. The van der Waals surface area contributed by atoms with Gasteiger partial charge >= 0.3 is 6.09 Å². The molecule has 3 aromatic carbocycles. The zero-order chi connectivity index (χ0) is 27.9. The van der Waals surface area contributed by atoms with Gasteiger partial charge in [-0.05, 0) is 55.5 Å². The van der Waals surface area contributed by atoms with Gasteiger partial charge in [-0.2, -0.15) is 0 Å². The first-order chi connectivity index (χ1) is 19.4. The number of aromatic nitrogens is 1. The maximum Gasteiger partial charge on any atom is 0.412 e. The number of carbonyl (C=O) groups is 1. The van der Waals surface area contributed by atoms with Crippen LogP contribution in [0.4, 0.5) is 10.5 Å². The van der Waals surface area contributed by atoms with Crippen molar-refractivity contribution in [3.63, 3.8) is 0 Å². The van der Waals surface area contributed by atoms with Gasteiger partial charge in [0.15, 0.2) is 12.6 Å². The van der Waals surface area contributed by atoms with E-state index in [2.05, 4.69) is 34.7 Å². The number of anilines is 1. The molecule has 1 fully saturated rings. The third kappa shape index (κ3) is 4.83. The molecular formula is C31H29ClN2O6. The Balaban J connectivity index is 1.29. The van der Waals surface area contributed by atoms with Crippen LogP contribution in [0, 0.1) is 6.92 Å². The minimum atomic E-state index is -0.661. The Bertz CT molecular complexity index is 1560. The monoisotopic (exact) mass is 560 g/mol. The van der Waals surface area contributed by atoms with Crippen LogP contribution in [0.5, 0.6) is 5.75 Å². The molecule has 2 N–H and O–H groups in total. The fourth-order valence-electron chi connectivity index (χ4n) is 5.18. The second-order valence-electron chi connectivity index (χ2n) is 10.3. The van der Waals surface area contributed by atoms with Gasteiger partial charge < -0.3 is 23.8 Å². The molecule has 9 heteroatoms. The van der Waals surface area contributed by atoms with Crippen molar-refractivity contribution in [3.8, 4) is 28.2 Å². The average molecular weight is 561 g/mol. The van der Waals surface area contributed by atoms with Crippen LogP contribution >= 0.6 is 11.6 Å². The molecule has 6 rings (SSSR count). The van der Waals surface area contributed by atoms with Crippen LogP contribution in [0.3, 0.4) is 0 Å². The van der Waals surface area contributed by atoms with Crippen molar-refractivity contribution >= 4 is 23.4 Å². The molecule has 2 aliphatic rings. The number of rotatable bonds is 7. The zero-order valence-corrected chi connectivity index (χ0v) is 23.0. The van der Waals surface area contributed by atoms with Crippen molar-refractivity contribution in [1.82, 2.24) is 5.16 Å². The molecule has 206 valence electrons. The van der Waals surface area contributed by atoms with Crippen LogP contribution in [0.2, 0.25) is 5.02 Å². The maximum atomic E-state index is 12.9. The Morgan fingerprint density at radius 3 is 2.60 bits per heavy atom. The summed E-state index contributed by atoms with van der Waals surface area (Å²) < 4.78 is 22.9. The molecule has 4 aromatic rings. The Labute approximate surface area is 236 Å². The molecule has 8 nitrogen and oxygen atoms in total. The number of aliphatic hydroxyl groups excluding tert-OH is 1. The topological polar surface area (TPSA) is 103 Å². The predicted molar refractivity (Wildman–Crippen MR) is 150 cm³/mol. The lowest BCUT2D eigenvalue weighted by atomic mass is 9.91. The normalized spacial score (nSPS) is 16.0. The maximum absolute atomic E-state index is 12.9. The number of benzene rings is 3. The van der Waals surface area contributed by atoms with Crippen LogP contribution in [-0.4, -0.2) is 29.8 Å². The molecule has 1 aliphatic carbocycles. The van der Waals surface area contributed by atoms with Gasteiger partial charge in [0.2, 0.25) is 0 Å². The lowest BCUT2D eigenvalue weighted by Gasteiger charge is -2.23. The van der Waals surface area contributed by atoms with Gasteiger partial charge in [0.25, 0.3) is 0 Å². The summed E-state index contributed by atoms with van der Waals surface area (Å²) in [4.78, 5) is 12.9. The Hall–Kier alpha value is -3.85. The number of hydrogen-bond acceptors (Lipinski definition) is 7. The fourth-order valence-corrected chi connectivity index (χ4v) is 5.47. The second-order valence-corrected chi connectivity index (χ2v) is 10.7. The van der Waals surface area contributed by atoms with E-state index in [9.17, 15) is 9.90 Å². The minimum absolute atomic E-state index is 0.0894. The van der Waals surface area contributed by atoms with E-state index in [1.807, 2.05) is 30.3 Å². The fraction of sp³-hybridized carbons (Fsp3) is 0.290. The first kappa shape index (κ1) is 26.4. The molecule has 2 heterocycles. The van der Waals surface area contributed by atoms with Gasteiger partial charge in [0.05, 0.1) is 18.8 Å². The average Bonchev–Trinajstić information content (AvgIpc) is 3.70. The summed E-state index contributed by atoms with van der Waals surface area (Å²) in [5.74, 6) is 0.970. The third-order valence-electron chi connectivity index (χ3n) is 7.72. The molecule has 1 amide bonds. The molecule has 1 unspecified atom stereocenters. The number of ether oxygens (including phenoxy) is 3. The SMILES string of the molecule is Cc1noc(-c2ccc(-c3ccc(C4(CO)CC4)cc3)c3c2OCOC3)c1NC(=O)OC(C)c1ccccc1Cl. The highest BCUT2D eigenvalue weighted by molar-refractivity contribution is 6.31. The van der Waals surface area contributed by atoms with E-state index >= 15 is 0 Å². The molecule has 1 saturated carbocycles. The largest absolute Gasteiger partial charge is 0.466 e. The lowest BCUT2D eigenvalue weighted by molar-refractivity contribution is -0.0156. The van der Waals surface area contributed by atoms with E-state index in [0.717, 1.165) is 35.1 Å². The number of hydrogen-bond donors (Lipinski definition) is 2. The van der Waals surface area contributed by atoms with E-state index in [1.54, 1.807) is 19.9 Å². The summed E-state index contributed by atoms with van der Waals surface area (Å²) in [5, 5.41) is 17.2. The summed E-state index contributed by atoms with van der Waals surface area (Å²) in [7, 11) is 0. The second kappa shape index (κ2) is 10.6. The standard InChI is InChI=1S/C31H29ClN2O6/c1-18-27(33-30(36)39-19(2)22-5-3-4-6-26(22)32)29(40-34-18)24-12-11-23(25-15-37-17-38-28(24)25)20-7-9-21(10-8-20)31(16-35)13-14-31/h3-12,19,35H,13-17H2,1-2H3,(H,33,36). The molecule has 0 saturated heterocycles. The van der Waals surface area contributed by atoms with Crippen molar-refractivity contribution in [2.24, 2.45) is 0 Å². The van der Waals surface area contributed by atoms with Crippen molar-refractivity contribution in [3.05, 3.63) is 88.1 Å². The quantitative estimate of drug-likeness (QED) is 0.247. The molecule has 0 radical (unpaired) electrons. The summed E-state index contributed by atoms with van der Waals surface area (Å²) in [6, 6.07) is 19.4. The summed E-state index contributed by atoms with van der Waals surface area (Å²) >= 11 is 6.27. The van der Waals surface area contributed by atoms with Crippen molar-refractivity contribution in [2.75, 3.05) is 18.7 Å². The van der Waals surface area contributed by atoms with E-state index in [-0.39, 0.29) is 18.8 Å². The molecule has 1 aliphatic heterocycles. The number of aliphatic hydroxyl groups is 1. The number of fused-ring (bicyclic) bond motifs is 1. The Kier molecular flexibility index (Phi) is 7.00. The summed E-state index contributed by atoms with van der Waals surface area (Å²) in [5.41, 5.74) is 6.15. The number of aryl methyl sites for hydroxylation is 1. The van der Waals surface area contributed by atoms with Gasteiger partial charge in [-0.15, -0.1) is 0 Å². The van der Waals surface area contributed by atoms with Gasteiger partial charge in [-0.3, -0.25) is 5.32 Å². The lowest BCUT2D eigenvalue weighted by Crippen LogP contribution is -2.17. The number of nitrogens with one attached hydrogen (secondary N) is 1. The minimum Gasteiger partial charge on any atom is -0.466 e. The highest BCUT2D eigenvalue weighted by Gasteiger charge is 2.43. The predicted octanol–water partition coefficient (Wildman–Crippen LogP) is 7.17. The third-order valence-corrected chi connectivity index (χ3v) is 8.06. The Morgan fingerprint density at radius 2 is 1.88 bits per heavy atom. The first-order valence-electron chi connectivity index (χ1n) is 13.2. The van der Waals surface area contributed by atoms with Gasteiger partial charge in [-0.25, -0.2) is 4.79 Å². The van der Waals surface area contributed by atoms with Crippen molar-refractivity contribution in [1.29, 1.82) is 0 Å². The van der Waals surface area contributed by atoms with Crippen molar-refractivity contribution in [2.45, 2.75) is 44.8 Å². The first-order valence-corrected chi connectivity index (χ1v) is 13.5. The van der Waals surface area contributed by atoms with Gasteiger partial charge in [0.1, 0.15) is 23.2 Å². The van der Waals surface area contributed by atoms with E-state index in [0.29, 0.717) is 45.6 Å². The van der Waals surface area contributed by atoms with E-state index < -0.39 is 12.2 Å². The van der Waals surface area contributed by atoms with Crippen LogP contribution in [0.25, 0.3) is 22.5 Å². The molecule has 0 bridgehead atoms. The van der Waals surface area contributed by atoms with Crippen LogP contribution in [0.15, 0.2) is 65.2 Å². The number of halogens is 1. The van der Waals surface area contributed by atoms with Crippen molar-refractivity contribution < 1.29 is 28.6 Å². The summed E-state index contributed by atoms with van der Waals surface area (Å²) in [6.07, 6.45) is 0.789. The number of amides is 1. The highest BCUT2D eigenvalue weighted by Crippen LogP contribution is 2.49. The highest BCUT2D eigenvalue weighted by atomic mass is 35.5. The van der Waals surface area contributed by atoms with Gasteiger partial charge in [0, 0.05) is 21.6 Å². The van der Waals surface area contributed by atoms with Gasteiger partial charge in [-0.1, -0.05) is 65.3 Å². The molecule has 1 aromatic heterocycles. The molecule has 40 heavy (non-hydrogen) atoms. The smallest absolute Gasteiger partial charge is 0.412 e. The van der Waals surface area contributed by atoms with E-state index in [1.165, 1.54) is 0 Å². The Morgan fingerprint density at radius 1 is 1.12 bits per heavy atom. The molecular weight excluding hydrogens is 532 g/mol. The number of carbonyl (C=O) groups excluding carboxylic acids is 1. The van der Waals surface area contributed by atoms with Crippen LogP contribution in [-0.2, 0) is 21.5 Å². The number of nitrogens with zero attached hydrogens (tertiary/aromatic N) is 1. The molecule has 1 atom stereocenters. The molecule has 0 spiro atoms. The van der Waals surface area contributed by atoms with Crippen LogP contribution in [0.1, 0.15) is 48.3 Å². The zero-order valence-electron chi connectivity index (χ0n) is 22.2.